The normalized spacial score (nSPS) is 26.6. The third kappa shape index (κ3) is 1.34. The zero-order chi connectivity index (χ0) is 7.72. The van der Waals surface area contributed by atoms with Crippen molar-refractivity contribution in [2.24, 2.45) is 11.8 Å². The summed E-state index contributed by atoms with van der Waals surface area (Å²) in [5.41, 5.74) is 1.30. The van der Waals surface area contributed by atoms with Gasteiger partial charge in [-0.1, -0.05) is 20.4 Å². The first kappa shape index (κ1) is 7.64. The molecule has 58 valence electrons. The molecule has 1 fully saturated rings. The standard InChI is InChI=1S/C9H17N/c1-7(2)9-5-8(3)10(4)6-9/h7,9H,3,5-6H2,1-2,4H3. The Morgan fingerprint density at radius 2 is 2.20 bits per heavy atom. The predicted octanol–water partition coefficient (Wildman–Crippen LogP) is 2.11. The van der Waals surface area contributed by atoms with Gasteiger partial charge in [0.25, 0.3) is 0 Å². The van der Waals surface area contributed by atoms with Crippen molar-refractivity contribution in [3.8, 4) is 0 Å². The first-order valence-electron chi connectivity index (χ1n) is 4.00. The van der Waals surface area contributed by atoms with Crippen LogP contribution in [0.3, 0.4) is 0 Å². The van der Waals surface area contributed by atoms with Crippen molar-refractivity contribution in [2.75, 3.05) is 13.6 Å². The molecule has 1 nitrogen and oxygen atoms in total. The number of nitrogens with zero attached hydrogens (tertiary/aromatic N) is 1. The highest BCUT2D eigenvalue weighted by Gasteiger charge is 2.24. The van der Waals surface area contributed by atoms with Gasteiger partial charge in [-0.25, -0.2) is 0 Å². The molecule has 0 aliphatic carbocycles. The van der Waals surface area contributed by atoms with Crippen LogP contribution in [0.25, 0.3) is 0 Å². The van der Waals surface area contributed by atoms with E-state index < -0.39 is 0 Å². The maximum atomic E-state index is 3.99. The van der Waals surface area contributed by atoms with Crippen LogP contribution in [0.5, 0.6) is 0 Å². The minimum Gasteiger partial charge on any atom is -0.378 e. The zero-order valence-corrected chi connectivity index (χ0v) is 7.22. The number of likely N-dealkylation sites (tertiary alicyclic amines) is 1. The summed E-state index contributed by atoms with van der Waals surface area (Å²) in [6, 6.07) is 0. The topological polar surface area (TPSA) is 3.24 Å². The highest BCUT2D eigenvalue weighted by Crippen LogP contribution is 2.28. The van der Waals surface area contributed by atoms with Gasteiger partial charge < -0.3 is 4.90 Å². The molecule has 1 aliphatic heterocycles. The van der Waals surface area contributed by atoms with E-state index in [2.05, 4.69) is 32.4 Å². The number of hydrogen-bond donors (Lipinski definition) is 0. The van der Waals surface area contributed by atoms with E-state index >= 15 is 0 Å². The number of rotatable bonds is 1. The fourth-order valence-electron chi connectivity index (χ4n) is 1.45. The van der Waals surface area contributed by atoms with Gasteiger partial charge in [-0.05, 0) is 18.3 Å². The van der Waals surface area contributed by atoms with E-state index in [4.69, 9.17) is 0 Å². The average molecular weight is 139 g/mol. The van der Waals surface area contributed by atoms with E-state index in [1.165, 1.54) is 18.7 Å². The van der Waals surface area contributed by atoms with Crippen molar-refractivity contribution in [1.29, 1.82) is 0 Å². The Labute approximate surface area is 63.7 Å². The molecule has 0 bridgehead atoms. The molecule has 0 N–H and O–H groups in total. The van der Waals surface area contributed by atoms with Crippen LogP contribution in [0.2, 0.25) is 0 Å². The van der Waals surface area contributed by atoms with Crippen LogP contribution < -0.4 is 0 Å². The van der Waals surface area contributed by atoms with Gasteiger partial charge in [0.15, 0.2) is 0 Å². The lowest BCUT2D eigenvalue weighted by Gasteiger charge is -2.13. The third-order valence-corrected chi connectivity index (χ3v) is 2.49. The van der Waals surface area contributed by atoms with Gasteiger partial charge in [0.1, 0.15) is 0 Å². The minimum absolute atomic E-state index is 0.807. The van der Waals surface area contributed by atoms with Crippen LogP contribution in [0, 0.1) is 11.8 Å². The van der Waals surface area contributed by atoms with Crippen molar-refractivity contribution in [3.63, 3.8) is 0 Å². The lowest BCUT2D eigenvalue weighted by Crippen LogP contribution is -2.15. The van der Waals surface area contributed by atoms with Crippen molar-refractivity contribution in [3.05, 3.63) is 12.3 Å². The summed E-state index contributed by atoms with van der Waals surface area (Å²) in [5, 5.41) is 0. The van der Waals surface area contributed by atoms with E-state index in [0.717, 1.165) is 11.8 Å². The van der Waals surface area contributed by atoms with Gasteiger partial charge in [-0.2, -0.15) is 0 Å². The van der Waals surface area contributed by atoms with E-state index in [0.29, 0.717) is 0 Å². The van der Waals surface area contributed by atoms with Crippen molar-refractivity contribution < 1.29 is 0 Å². The first-order chi connectivity index (χ1) is 4.61. The molecule has 1 atom stereocenters. The molecule has 1 heteroatoms. The quantitative estimate of drug-likeness (QED) is 0.538. The van der Waals surface area contributed by atoms with Gasteiger partial charge in [0, 0.05) is 19.3 Å². The first-order valence-corrected chi connectivity index (χ1v) is 4.00. The Kier molecular flexibility index (Phi) is 2.02. The Hall–Kier alpha value is -0.460. The molecule has 0 saturated carbocycles. The highest BCUT2D eigenvalue weighted by molar-refractivity contribution is 5.01. The minimum atomic E-state index is 0.807. The van der Waals surface area contributed by atoms with Gasteiger partial charge in [-0.15, -0.1) is 0 Å². The maximum absolute atomic E-state index is 3.99. The summed E-state index contributed by atoms with van der Waals surface area (Å²) in [6.45, 7) is 9.78. The second-order valence-corrected chi connectivity index (χ2v) is 3.65. The van der Waals surface area contributed by atoms with Gasteiger partial charge >= 0.3 is 0 Å². The molecule has 0 aromatic carbocycles. The Morgan fingerprint density at radius 1 is 1.60 bits per heavy atom. The molecule has 10 heavy (non-hydrogen) atoms. The van der Waals surface area contributed by atoms with E-state index in [1.807, 2.05) is 0 Å². The van der Waals surface area contributed by atoms with Crippen LogP contribution in [-0.2, 0) is 0 Å². The molecule has 1 rings (SSSR count). The van der Waals surface area contributed by atoms with Crippen molar-refractivity contribution in [1.82, 2.24) is 4.90 Å². The Balaban J connectivity index is 2.49. The van der Waals surface area contributed by atoms with Crippen LogP contribution >= 0.6 is 0 Å². The third-order valence-electron chi connectivity index (χ3n) is 2.49. The Bertz CT molecular complexity index is 138. The van der Waals surface area contributed by atoms with Crippen molar-refractivity contribution in [2.45, 2.75) is 20.3 Å². The molecule has 1 heterocycles. The summed E-state index contributed by atoms with van der Waals surface area (Å²) >= 11 is 0. The fourth-order valence-corrected chi connectivity index (χ4v) is 1.45. The molecule has 1 unspecified atom stereocenters. The highest BCUT2D eigenvalue weighted by atomic mass is 15.1. The van der Waals surface area contributed by atoms with Crippen LogP contribution in [0.4, 0.5) is 0 Å². The van der Waals surface area contributed by atoms with Crippen molar-refractivity contribution >= 4 is 0 Å². The number of hydrogen-bond acceptors (Lipinski definition) is 1. The predicted molar refractivity (Wildman–Crippen MR) is 44.7 cm³/mol. The van der Waals surface area contributed by atoms with Gasteiger partial charge in [0.2, 0.25) is 0 Å². The second-order valence-electron chi connectivity index (χ2n) is 3.65. The molecule has 0 aromatic rings. The molecule has 0 amide bonds. The molecular formula is C9H17N. The largest absolute Gasteiger partial charge is 0.378 e. The molecule has 0 aromatic heterocycles. The average Bonchev–Trinajstić information content (AvgIpc) is 2.13. The molecular weight excluding hydrogens is 122 g/mol. The fraction of sp³-hybridized carbons (Fsp3) is 0.778. The molecule has 1 saturated heterocycles. The monoisotopic (exact) mass is 139 g/mol. The maximum Gasteiger partial charge on any atom is 0.0206 e. The summed E-state index contributed by atoms with van der Waals surface area (Å²) < 4.78 is 0. The zero-order valence-electron chi connectivity index (χ0n) is 7.22. The van der Waals surface area contributed by atoms with E-state index in [1.54, 1.807) is 0 Å². The van der Waals surface area contributed by atoms with E-state index in [9.17, 15) is 0 Å². The van der Waals surface area contributed by atoms with E-state index in [-0.39, 0.29) is 0 Å². The SMILES string of the molecule is C=C1CC(C(C)C)CN1C. The molecule has 1 aliphatic rings. The summed E-state index contributed by atoms with van der Waals surface area (Å²) in [4.78, 5) is 2.27. The summed E-state index contributed by atoms with van der Waals surface area (Å²) in [5.74, 6) is 1.65. The lowest BCUT2D eigenvalue weighted by molar-refractivity contribution is 0.362. The lowest BCUT2D eigenvalue weighted by atomic mass is 9.95. The molecule has 0 spiro atoms. The van der Waals surface area contributed by atoms with Crippen LogP contribution in [0.1, 0.15) is 20.3 Å². The van der Waals surface area contributed by atoms with Gasteiger partial charge in [-0.3, -0.25) is 0 Å². The van der Waals surface area contributed by atoms with Gasteiger partial charge in [0.05, 0.1) is 0 Å². The molecule has 0 radical (unpaired) electrons. The Morgan fingerprint density at radius 3 is 2.40 bits per heavy atom. The summed E-state index contributed by atoms with van der Waals surface area (Å²) in [6.07, 6.45) is 1.20. The second kappa shape index (κ2) is 2.65. The van der Waals surface area contributed by atoms with Crippen LogP contribution in [0.15, 0.2) is 12.3 Å². The van der Waals surface area contributed by atoms with Crippen LogP contribution in [-0.4, -0.2) is 18.5 Å². The number of allylic oxidation sites excluding steroid dienone is 1. The summed E-state index contributed by atoms with van der Waals surface area (Å²) in [7, 11) is 2.13. The smallest absolute Gasteiger partial charge is 0.0206 e.